The van der Waals surface area contributed by atoms with E-state index in [-0.39, 0.29) is 12.5 Å². The predicted molar refractivity (Wildman–Crippen MR) is 39.6 cm³/mol. The summed E-state index contributed by atoms with van der Waals surface area (Å²) in [5, 5.41) is 11.3. The summed E-state index contributed by atoms with van der Waals surface area (Å²) in [6, 6.07) is -0.962. The third-order valence-corrected chi connectivity index (χ3v) is 1.72. The van der Waals surface area contributed by atoms with Crippen molar-refractivity contribution in [3.05, 3.63) is 0 Å². The van der Waals surface area contributed by atoms with Crippen LogP contribution < -0.4 is 5.32 Å². The fourth-order valence-corrected chi connectivity index (χ4v) is 0.955. The number of rotatable bonds is 2. The number of alkyl halides is 1. The normalized spacial score (nSPS) is 28.3. The molecule has 0 aromatic rings. The maximum Gasteiger partial charge on any atom is 0.331 e. The van der Waals surface area contributed by atoms with Gasteiger partial charge in [0.25, 0.3) is 0 Å². The fourth-order valence-electron chi connectivity index (χ4n) is 0.878. The van der Waals surface area contributed by atoms with Crippen LogP contribution in [0.1, 0.15) is 0 Å². The van der Waals surface area contributed by atoms with E-state index in [1.807, 2.05) is 0 Å². The number of aliphatic hydroxyl groups excluding tert-OH is 1. The molecule has 68 valence electrons. The first kappa shape index (κ1) is 9.28. The Balaban J connectivity index is 2.50. The van der Waals surface area contributed by atoms with Gasteiger partial charge in [-0.1, -0.05) is 0 Å². The van der Waals surface area contributed by atoms with E-state index in [9.17, 15) is 9.59 Å². The van der Waals surface area contributed by atoms with Crippen molar-refractivity contribution in [3.8, 4) is 0 Å². The molecule has 0 aliphatic carbocycles. The first-order valence-corrected chi connectivity index (χ1v) is 3.88. The summed E-state index contributed by atoms with van der Waals surface area (Å²) in [6.45, 7) is -0.0773. The molecule has 2 atom stereocenters. The predicted octanol–water partition coefficient (Wildman–Crippen LogP) is -1.37. The number of aliphatic hydroxyl groups is 1. The Hall–Kier alpha value is -0.810. The van der Waals surface area contributed by atoms with Crippen LogP contribution in [-0.4, -0.2) is 41.6 Å². The summed E-state index contributed by atoms with van der Waals surface area (Å²) < 4.78 is 4.48. The number of carbonyl (C=O) groups excluding carboxylic acids is 2. The van der Waals surface area contributed by atoms with Crippen molar-refractivity contribution in [1.82, 2.24) is 5.32 Å². The highest BCUT2D eigenvalue weighted by atomic mass is 35.5. The molecular weight excluding hydrogens is 186 g/mol. The van der Waals surface area contributed by atoms with E-state index >= 15 is 0 Å². The van der Waals surface area contributed by atoms with Crippen molar-refractivity contribution in [2.24, 2.45) is 0 Å². The molecule has 6 heteroatoms. The van der Waals surface area contributed by atoms with Crippen LogP contribution in [0.25, 0.3) is 0 Å². The molecule has 12 heavy (non-hydrogen) atoms. The van der Waals surface area contributed by atoms with Crippen LogP contribution in [0.3, 0.4) is 0 Å². The van der Waals surface area contributed by atoms with Gasteiger partial charge < -0.3 is 15.2 Å². The van der Waals surface area contributed by atoms with Crippen molar-refractivity contribution in [2.45, 2.75) is 12.1 Å². The van der Waals surface area contributed by atoms with Crippen LogP contribution in [0.5, 0.6) is 0 Å². The van der Waals surface area contributed by atoms with Crippen molar-refractivity contribution >= 4 is 23.5 Å². The molecule has 0 unspecified atom stereocenters. The molecule has 0 radical (unpaired) electrons. The Labute approximate surface area is 73.6 Å². The molecule has 5 nitrogen and oxygen atoms in total. The van der Waals surface area contributed by atoms with Crippen molar-refractivity contribution in [3.63, 3.8) is 0 Å². The zero-order valence-electron chi connectivity index (χ0n) is 6.12. The second-order valence-electron chi connectivity index (χ2n) is 2.38. The summed E-state index contributed by atoms with van der Waals surface area (Å²) in [4.78, 5) is 21.5. The number of carbonyl (C=O) groups is 2. The molecule has 1 amide bonds. The number of amides is 1. The average molecular weight is 194 g/mol. The summed E-state index contributed by atoms with van der Waals surface area (Å²) in [5.41, 5.74) is 0. The maximum absolute atomic E-state index is 10.8. The van der Waals surface area contributed by atoms with E-state index in [2.05, 4.69) is 10.1 Å². The average Bonchev–Trinajstić information content (AvgIpc) is 2.35. The minimum atomic E-state index is -0.968. The molecule has 0 spiro atoms. The van der Waals surface area contributed by atoms with Crippen molar-refractivity contribution in [1.29, 1.82) is 0 Å². The number of esters is 1. The number of nitrogens with one attached hydrogen (secondary N) is 1. The Kier molecular flexibility index (Phi) is 2.88. The molecular formula is C6H8ClNO4. The largest absolute Gasteiger partial charge is 0.461 e. The van der Waals surface area contributed by atoms with Gasteiger partial charge in [0, 0.05) is 0 Å². The van der Waals surface area contributed by atoms with Crippen LogP contribution in [0.15, 0.2) is 0 Å². The summed E-state index contributed by atoms with van der Waals surface area (Å²) in [6.07, 6.45) is -0.968. The van der Waals surface area contributed by atoms with E-state index in [1.54, 1.807) is 0 Å². The number of hydrogen-bond acceptors (Lipinski definition) is 4. The van der Waals surface area contributed by atoms with E-state index in [0.717, 1.165) is 0 Å². The van der Waals surface area contributed by atoms with Gasteiger partial charge in [-0.15, -0.1) is 11.6 Å². The molecule has 1 heterocycles. The lowest BCUT2D eigenvalue weighted by Crippen LogP contribution is -2.45. The highest BCUT2D eigenvalue weighted by Crippen LogP contribution is 2.06. The van der Waals surface area contributed by atoms with Crippen LogP contribution in [0.4, 0.5) is 0 Å². The topological polar surface area (TPSA) is 75.6 Å². The second-order valence-corrected chi connectivity index (χ2v) is 2.64. The quantitative estimate of drug-likeness (QED) is 0.419. The summed E-state index contributed by atoms with van der Waals surface area (Å²) in [7, 11) is 0. The first-order chi connectivity index (χ1) is 5.65. The smallest absolute Gasteiger partial charge is 0.331 e. The zero-order valence-corrected chi connectivity index (χ0v) is 6.87. The molecule has 2 N–H and O–H groups in total. The highest BCUT2D eigenvalue weighted by Gasteiger charge is 2.36. The minimum absolute atomic E-state index is 0.0773. The highest BCUT2D eigenvalue weighted by molar-refractivity contribution is 6.27. The fraction of sp³-hybridized carbons (Fsp3) is 0.667. The van der Waals surface area contributed by atoms with Crippen LogP contribution in [0.2, 0.25) is 0 Å². The van der Waals surface area contributed by atoms with Gasteiger partial charge in [-0.3, -0.25) is 4.79 Å². The number of halogens is 1. The van der Waals surface area contributed by atoms with Gasteiger partial charge in [-0.25, -0.2) is 4.79 Å². The van der Waals surface area contributed by atoms with Crippen molar-refractivity contribution in [2.75, 3.05) is 12.5 Å². The Bertz CT molecular complexity index is 208. The third kappa shape index (κ3) is 1.86. The number of hydrogen-bond donors (Lipinski definition) is 2. The van der Waals surface area contributed by atoms with Gasteiger partial charge >= 0.3 is 5.97 Å². The number of ether oxygens (including phenoxy) is 1. The van der Waals surface area contributed by atoms with Crippen LogP contribution in [0, 0.1) is 0 Å². The maximum atomic E-state index is 10.8. The Morgan fingerprint density at radius 3 is 2.92 bits per heavy atom. The Morgan fingerprint density at radius 1 is 1.83 bits per heavy atom. The first-order valence-electron chi connectivity index (χ1n) is 3.35. The van der Waals surface area contributed by atoms with Gasteiger partial charge in [0.05, 0.1) is 0 Å². The molecule has 0 saturated carbocycles. The SMILES string of the molecule is O=C(CCl)N[C@H]1C(=O)OC[C@H]1O. The van der Waals surface area contributed by atoms with Gasteiger partial charge in [-0.2, -0.15) is 0 Å². The van der Waals surface area contributed by atoms with Gasteiger partial charge in [0.1, 0.15) is 18.6 Å². The van der Waals surface area contributed by atoms with Crippen LogP contribution in [-0.2, 0) is 14.3 Å². The van der Waals surface area contributed by atoms with Gasteiger partial charge in [0.15, 0.2) is 6.04 Å². The zero-order chi connectivity index (χ0) is 9.14. The molecule has 0 bridgehead atoms. The standard InChI is InChI=1S/C6H8ClNO4/c7-1-4(10)8-5-3(9)2-12-6(5)11/h3,5,9H,1-2H2,(H,8,10)/t3-,5-/m1/s1. The second kappa shape index (κ2) is 3.73. The third-order valence-electron chi connectivity index (χ3n) is 1.47. The lowest BCUT2D eigenvalue weighted by molar-refractivity contribution is -0.141. The van der Waals surface area contributed by atoms with E-state index in [4.69, 9.17) is 16.7 Å². The number of cyclic esters (lactones) is 1. The monoisotopic (exact) mass is 193 g/mol. The molecule has 0 aromatic carbocycles. The molecule has 1 saturated heterocycles. The molecule has 1 aliphatic rings. The summed E-state index contributed by atoms with van der Waals surface area (Å²) in [5.74, 6) is -1.36. The van der Waals surface area contributed by atoms with E-state index < -0.39 is 24.0 Å². The van der Waals surface area contributed by atoms with Crippen molar-refractivity contribution < 1.29 is 19.4 Å². The molecule has 1 aliphatic heterocycles. The van der Waals surface area contributed by atoms with Gasteiger partial charge in [-0.05, 0) is 0 Å². The Morgan fingerprint density at radius 2 is 2.50 bits per heavy atom. The lowest BCUT2D eigenvalue weighted by atomic mass is 10.2. The van der Waals surface area contributed by atoms with E-state index in [1.165, 1.54) is 0 Å². The summed E-state index contributed by atoms with van der Waals surface area (Å²) >= 11 is 5.18. The molecule has 1 fully saturated rings. The minimum Gasteiger partial charge on any atom is -0.461 e. The lowest BCUT2D eigenvalue weighted by Gasteiger charge is -2.10. The van der Waals surface area contributed by atoms with Crippen LogP contribution >= 0.6 is 11.6 Å². The van der Waals surface area contributed by atoms with E-state index in [0.29, 0.717) is 0 Å². The molecule has 0 aromatic heterocycles. The molecule has 1 rings (SSSR count). The van der Waals surface area contributed by atoms with Gasteiger partial charge in [0.2, 0.25) is 5.91 Å².